The molecule has 0 fully saturated rings. The highest BCUT2D eigenvalue weighted by Gasteiger charge is 2.31. The summed E-state index contributed by atoms with van der Waals surface area (Å²) >= 11 is 0. The third-order valence-electron chi connectivity index (χ3n) is 4.39. The standard InChI is InChI=1S/C17H16F2N4O3S.H2S/c1-9-3-4-10-14(27(25,26)22-9)8-23(2)16(10)17(24)21-13-6-5-12(18)11(7-20)15(13)19;/h5-6,8-9,22H,3-4H2,1-2H3,(H,21,24);1H2/t9-;/m0./s1. The number of amides is 1. The number of rotatable bonds is 2. The van der Waals surface area contributed by atoms with Crippen molar-refractivity contribution < 1.29 is 22.0 Å². The molecule has 1 aliphatic heterocycles. The van der Waals surface area contributed by atoms with Gasteiger partial charge in [-0.2, -0.15) is 18.8 Å². The van der Waals surface area contributed by atoms with Gasteiger partial charge in [-0.15, -0.1) is 0 Å². The number of hydrogen-bond acceptors (Lipinski definition) is 4. The predicted molar refractivity (Wildman–Crippen MR) is 103 cm³/mol. The van der Waals surface area contributed by atoms with Crippen molar-refractivity contribution in [3.05, 3.63) is 46.8 Å². The van der Waals surface area contributed by atoms with Gasteiger partial charge in [-0.3, -0.25) is 4.79 Å². The van der Waals surface area contributed by atoms with E-state index in [0.717, 1.165) is 12.1 Å². The summed E-state index contributed by atoms with van der Waals surface area (Å²) in [5.74, 6) is -2.97. The Morgan fingerprint density at radius 2 is 2.07 bits per heavy atom. The van der Waals surface area contributed by atoms with Crippen LogP contribution in [0.25, 0.3) is 0 Å². The van der Waals surface area contributed by atoms with Gasteiger partial charge in [0.2, 0.25) is 10.0 Å². The summed E-state index contributed by atoms with van der Waals surface area (Å²) < 4.78 is 56.4. The van der Waals surface area contributed by atoms with Crippen molar-refractivity contribution in [3.63, 3.8) is 0 Å². The van der Waals surface area contributed by atoms with E-state index in [4.69, 9.17) is 5.26 Å². The number of aryl methyl sites for hydroxylation is 1. The van der Waals surface area contributed by atoms with Crippen LogP contribution in [0.15, 0.2) is 23.2 Å². The number of halogens is 2. The van der Waals surface area contributed by atoms with Crippen molar-refractivity contribution in [3.8, 4) is 6.07 Å². The zero-order valence-electron chi connectivity index (χ0n) is 15.0. The van der Waals surface area contributed by atoms with Gasteiger partial charge in [-0.25, -0.2) is 21.9 Å². The SMILES string of the molecule is C[C@H]1CCc2c(cn(C)c2C(=O)Nc2ccc(F)c(C#N)c2F)S(=O)(=O)N1.S. The molecule has 0 unspecified atom stereocenters. The highest BCUT2D eigenvalue weighted by Crippen LogP contribution is 2.28. The van der Waals surface area contributed by atoms with E-state index in [9.17, 15) is 22.0 Å². The number of benzene rings is 1. The first-order valence-electron chi connectivity index (χ1n) is 8.05. The van der Waals surface area contributed by atoms with Gasteiger partial charge in [-0.05, 0) is 31.9 Å². The largest absolute Gasteiger partial charge is 0.345 e. The highest BCUT2D eigenvalue weighted by atomic mass is 32.2. The molecular weight excluding hydrogens is 410 g/mol. The van der Waals surface area contributed by atoms with Gasteiger partial charge in [0, 0.05) is 24.8 Å². The highest BCUT2D eigenvalue weighted by molar-refractivity contribution is 7.89. The second-order valence-electron chi connectivity index (χ2n) is 6.34. The number of nitrogens with zero attached hydrogens (tertiary/aromatic N) is 2. The third kappa shape index (κ3) is 3.76. The maximum atomic E-state index is 14.2. The minimum atomic E-state index is -3.78. The number of aromatic nitrogens is 1. The fourth-order valence-corrected chi connectivity index (χ4v) is 4.69. The van der Waals surface area contributed by atoms with E-state index in [-0.39, 0.29) is 35.8 Å². The van der Waals surface area contributed by atoms with E-state index >= 15 is 0 Å². The van der Waals surface area contributed by atoms with Crippen LogP contribution in [0.4, 0.5) is 14.5 Å². The minimum Gasteiger partial charge on any atom is -0.345 e. The molecule has 0 saturated carbocycles. The number of carbonyl (C=O) groups excluding carboxylic acids is 1. The first-order chi connectivity index (χ1) is 12.7. The molecular formula is C17H18F2N4O3S2. The predicted octanol–water partition coefficient (Wildman–Crippen LogP) is 2.15. The first-order valence-corrected chi connectivity index (χ1v) is 9.54. The number of nitriles is 1. The Morgan fingerprint density at radius 3 is 2.71 bits per heavy atom. The fourth-order valence-electron chi connectivity index (χ4n) is 3.10. The van der Waals surface area contributed by atoms with Crippen molar-refractivity contribution >= 4 is 35.1 Å². The van der Waals surface area contributed by atoms with Crippen molar-refractivity contribution in [2.75, 3.05) is 5.32 Å². The molecule has 2 N–H and O–H groups in total. The van der Waals surface area contributed by atoms with Crippen LogP contribution in [0.5, 0.6) is 0 Å². The van der Waals surface area contributed by atoms with Gasteiger partial charge in [0.05, 0.1) is 5.69 Å². The average Bonchev–Trinajstić information content (AvgIpc) is 2.88. The quantitative estimate of drug-likeness (QED) is 0.765. The average molecular weight is 428 g/mol. The zero-order chi connectivity index (χ0) is 19.9. The van der Waals surface area contributed by atoms with Gasteiger partial charge in [0.15, 0.2) is 5.82 Å². The second kappa shape index (κ2) is 7.90. The summed E-state index contributed by atoms with van der Waals surface area (Å²) in [6, 6.07) is 2.99. The lowest BCUT2D eigenvalue weighted by molar-refractivity contribution is 0.101. The molecule has 2 heterocycles. The maximum Gasteiger partial charge on any atom is 0.272 e. The number of sulfonamides is 1. The van der Waals surface area contributed by atoms with Crippen LogP contribution in [-0.2, 0) is 23.5 Å². The second-order valence-corrected chi connectivity index (χ2v) is 8.02. The van der Waals surface area contributed by atoms with Crippen molar-refractivity contribution in [1.29, 1.82) is 5.26 Å². The van der Waals surface area contributed by atoms with E-state index in [1.165, 1.54) is 23.9 Å². The van der Waals surface area contributed by atoms with Crippen LogP contribution < -0.4 is 10.0 Å². The molecule has 3 rings (SSSR count). The summed E-state index contributed by atoms with van der Waals surface area (Å²) in [6.45, 7) is 1.72. The molecule has 1 atom stereocenters. The Hall–Kier alpha value is -2.42. The Bertz CT molecular complexity index is 1090. The molecule has 0 bridgehead atoms. The Balaban J connectivity index is 0.00000280. The molecule has 150 valence electrons. The molecule has 0 aliphatic carbocycles. The summed E-state index contributed by atoms with van der Waals surface area (Å²) in [6.07, 6.45) is 2.15. The molecule has 2 aromatic rings. The maximum absolute atomic E-state index is 14.2. The van der Waals surface area contributed by atoms with Gasteiger partial charge < -0.3 is 9.88 Å². The number of hydrogen-bond donors (Lipinski definition) is 2. The van der Waals surface area contributed by atoms with Gasteiger partial charge in [0.25, 0.3) is 5.91 Å². The molecule has 1 aliphatic rings. The first kappa shape index (κ1) is 21.9. The van der Waals surface area contributed by atoms with Crippen LogP contribution in [0.3, 0.4) is 0 Å². The Kier molecular flexibility index (Phi) is 6.18. The topological polar surface area (TPSA) is 104 Å². The fraction of sp³-hybridized carbons (Fsp3) is 0.294. The van der Waals surface area contributed by atoms with Crippen LogP contribution in [0.2, 0.25) is 0 Å². The Morgan fingerprint density at radius 1 is 1.39 bits per heavy atom. The summed E-state index contributed by atoms with van der Waals surface area (Å²) in [7, 11) is -2.27. The van der Waals surface area contributed by atoms with E-state index in [0.29, 0.717) is 18.4 Å². The van der Waals surface area contributed by atoms with E-state index in [1.54, 1.807) is 6.92 Å². The van der Waals surface area contributed by atoms with Crippen molar-refractivity contribution in [2.24, 2.45) is 7.05 Å². The smallest absolute Gasteiger partial charge is 0.272 e. The van der Waals surface area contributed by atoms with Crippen LogP contribution >= 0.6 is 13.5 Å². The monoisotopic (exact) mass is 428 g/mol. The normalized spacial score (nSPS) is 17.6. The number of nitrogens with one attached hydrogen (secondary N) is 2. The molecule has 1 amide bonds. The summed E-state index contributed by atoms with van der Waals surface area (Å²) in [4.78, 5) is 12.7. The van der Waals surface area contributed by atoms with Crippen molar-refractivity contribution in [1.82, 2.24) is 9.29 Å². The van der Waals surface area contributed by atoms with Crippen molar-refractivity contribution in [2.45, 2.75) is 30.7 Å². The van der Waals surface area contributed by atoms with Crippen LogP contribution in [0, 0.1) is 23.0 Å². The zero-order valence-corrected chi connectivity index (χ0v) is 16.8. The number of fused-ring (bicyclic) bond motifs is 1. The number of anilines is 1. The summed E-state index contributed by atoms with van der Waals surface area (Å²) in [5.41, 5.74) is -0.781. The lowest BCUT2D eigenvalue weighted by Gasteiger charge is -2.11. The molecule has 0 spiro atoms. The number of carbonyl (C=O) groups is 1. The molecule has 28 heavy (non-hydrogen) atoms. The minimum absolute atomic E-state index is 0. The van der Waals surface area contributed by atoms with Gasteiger partial charge in [-0.1, -0.05) is 0 Å². The lowest BCUT2D eigenvalue weighted by atomic mass is 10.1. The van der Waals surface area contributed by atoms with E-state index < -0.39 is 33.1 Å². The molecule has 0 radical (unpaired) electrons. The molecule has 1 aromatic heterocycles. The van der Waals surface area contributed by atoms with Crippen LogP contribution in [0.1, 0.15) is 35.0 Å². The molecule has 0 saturated heterocycles. The molecule has 11 heteroatoms. The van der Waals surface area contributed by atoms with Gasteiger partial charge >= 0.3 is 0 Å². The summed E-state index contributed by atoms with van der Waals surface area (Å²) in [5, 5.41) is 11.1. The van der Waals surface area contributed by atoms with E-state index in [1.807, 2.05) is 0 Å². The molecule has 1 aromatic carbocycles. The van der Waals surface area contributed by atoms with Gasteiger partial charge in [0.1, 0.15) is 28.0 Å². The lowest BCUT2D eigenvalue weighted by Crippen LogP contribution is -2.30. The molecule has 7 nitrogen and oxygen atoms in total. The Labute approximate surface area is 167 Å². The third-order valence-corrected chi connectivity index (χ3v) is 6.03. The van der Waals surface area contributed by atoms with E-state index in [2.05, 4.69) is 10.0 Å². The van der Waals surface area contributed by atoms with Crippen LogP contribution in [-0.4, -0.2) is 24.9 Å².